The van der Waals surface area contributed by atoms with Gasteiger partial charge in [0.2, 0.25) is 0 Å². The van der Waals surface area contributed by atoms with E-state index in [9.17, 15) is 8.42 Å². The molecular weight excluding hydrogens is 425 g/mol. The van der Waals surface area contributed by atoms with Crippen LogP contribution in [0.5, 0.6) is 0 Å². The number of halogens is 1. The molecule has 0 spiro atoms. The number of benzene rings is 1. The van der Waals surface area contributed by atoms with E-state index in [0.717, 1.165) is 18.8 Å². The standard InChI is InChI=1S/C16H25N3O2S.HI/c1-3-14-6-4-5-7-15(14)11-19-16(17-2)18-10-13-8-9-22(20,21)12-13;/h4-7,13H,3,8-12H2,1-2H3,(H2,17,18,19);1H. The van der Waals surface area contributed by atoms with Crippen LogP contribution in [-0.2, 0) is 22.8 Å². The van der Waals surface area contributed by atoms with Gasteiger partial charge in [-0.25, -0.2) is 8.42 Å². The first-order chi connectivity index (χ1) is 10.5. The first-order valence-corrected chi connectivity index (χ1v) is 9.58. The Labute approximate surface area is 156 Å². The molecule has 1 unspecified atom stereocenters. The van der Waals surface area contributed by atoms with E-state index < -0.39 is 9.84 Å². The highest BCUT2D eigenvalue weighted by Crippen LogP contribution is 2.17. The van der Waals surface area contributed by atoms with Crippen LogP contribution < -0.4 is 10.6 Å². The lowest BCUT2D eigenvalue weighted by molar-refractivity contribution is 0.567. The lowest BCUT2D eigenvalue weighted by Gasteiger charge is -2.15. The Balaban J connectivity index is 0.00000264. The van der Waals surface area contributed by atoms with Gasteiger partial charge >= 0.3 is 0 Å². The van der Waals surface area contributed by atoms with Gasteiger partial charge in [-0.2, -0.15) is 0 Å². The van der Waals surface area contributed by atoms with Crippen molar-refractivity contribution in [3.63, 3.8) is 0 Å². The molecule has 0 aromatic heterocycles. The summed E-state index contributed by atoms with van der Waals surface area (Å²) >= 11 is 0. The van der Waals surface area contributed by atoms with E-state index in [1.54, 1.807) is 7.05 Å². The number of guanidine groups is 1. The van der Waals surface area contributed by atoms with E-state index >= 15 is 0 Å². The van der Waals surface area contributed by atoms with Gasteiger partial charge in [-0.15, -0.1) is 24.0 Å². The number of hydrogen-bond donors (Lipinski definition) is 2. The highest BCUT2D eigenvalue weighted by Gasteiger charge is 2.27. The lowest BCUT2D eigenvalue weighted by Crippen LogP contribution is -2.39. The Bertz CT molecular complexity index is 632. The largest absolute Gasteiger partial charge is 0.356 e. The summed E-state index contributed by atoms with van der Waals surface area (Å²) in [4.78, 5) is 4.20. The van der Waals surface area contributed by atoms with Crippen molar-refractivity contribution < 1.29 is 8.42 Å². The average Bonchev–Trinajstić information content (AvgIpc) is 2.87. The highest BCUT2D eigenvalue weighted by atomic mass is 127. The lowest BCUT2D eigenvalue weighted by atomic mass is 10.1. The molecule has 0 amide bonds. The van der Waals surface area contributed by atoms with Crippen LogP contribution in [0.1, 0.15) is 24.5 Å². The van der Waals surface area contributed by atoms with Crippen molar-refractivity contribution in [1.29, 1.82) is 0 Å². The number of aliphatic imine (C=N–C) groups is 1. The summed E-state index contributed by atoms with van der Waals surface area (Å²) in [5.74, 6) is 1.51. The van der Waals surface area contributed by atoms with E-state index in [1.807, 2.05) is 6.07 Å². The number of nitrogens with one attached hydrogen (secondary N) is 2. The quantitative estimate of drug-likeness (QED) is 0.408. The van der Waals surface area contributed by atoms with Crippen molar-refractivity contribution in [2.45, 2.75) is 26.3 Å². The van der Waals surface area contributed by atoms with Gasteiger partial charge in [-0.1, -0.05) is 31.2 Å². The molecule has 130 valence electrons. The van der Waals surface area contributed by atoms with Gasteiger partial charge in [0.1, 0.15) is 0 Å². The number of aryl methyl sites for hydroxylation is 1. The molecule has 23 heavy (non-hydrogen) atoms. The summed E-state index contributed by atoms with van der Waals surface area (Å²) in [6, 6.07) is 8.34. The van der Waals surface area contributed by atoms with E-state index in [0.29, 0.717) is 18.8 Å². The summed E-state index contributed by atoms with van der Waals surface area (Å²) in [7, 11) is -1.09. The molecule has 1 aliphatic heterocycles. The number of nitrogens with zero attached hydrogens (tertiary/aromatic N) is 1. The first-order valence-electron chi connectivity index (χ1n) is 7.75. The van der Waals surface area contributed by atoms with Crippen LogP contribution in [0.4, 0.5) is 0 Å². The SMILES string of the molecule is CCc1ccccc1CNC(=NC)NCC1CCS(=O)(=O)C1.I. The van der Waals surface area contributed by atoms with Crippen molar-refractivity contribution in [3.8, 4) is 0 Å². The molecule has 1 fully saturated rings. The van der Waals surface area contributed by atoms with Crippen LogP contribution >= 0.6 is 24.0 Å². The molecule has 0 aliphatic carbocycles. The van der Waals surface area contributed by atoms with Gasteiger partial charge in [-0.05, 0) is 29.9 Å². The third kappa shape index (κ3) is 6.29. The molecule has 1 aromatic rings. The fourth-order valence-electron chi connectivity index (χ4n) is 2.75. The van der Waals surface area contributed by atoms with E-state index in [2.05, 4.69) is 40.7 Å². The minimum absolute atomic E-state index is 0. The zero-order valence-corrected chi connectivity index (χ0v) is 16.9. The molecule has 1 heterocycles. The number of sulfone groups is 1. The highest BCUT2D eigenvalue weighted by molar-refractivity contribution is 14.0. The van der Waals surface area contributed by atoms with Crippen LogP contribution in [-0.4, -0.2) is 39.5 Å². The Morgan fingerprint density at radius 1 is 1.26 bits per heavy atom. The van der Waals surface area contributed by atoms with Gasteiger partial charge in [0.05, 0.1) is 11.5 Å². The average molecular weight is 451 g/mol. The minimum atomic E-state index is -2.81. The maximum absolute atomic E-state index is 11.5. The molecule has 0 saturated carbocycles. The second-order valence-electron chi connectivity index (χ2n) is 5.70. The van der Waals surface area contributed by atoms with Crippen molar-refractivity contribution in [2.75, 3.05) is 25.1 Å². The Morgan fingerprint density at radius 2 is 1.96 bits per heavy atom. The zero-order valence-electron chi connectivity index (χ0n) is 13.7. The second kappa shape index (κ2) is 9.46. The maximum atomic E-state index is 11.5. The van der Waals surface area contributed by atoms with Gasteiger partial charge in [0, 0.05) is 20.1 Å². The fourth-order valence-corrected chi connectivity index (χ4v) is 4.61. The molecule has 0 bridgehead atoms. The van der Waals surface area contributed by atoms with Gasteiger partial charge in [0.25, 0.3) is 0 Å². The molecule has 7 heteroatoms. The van der Waals surface area contributed by atoms with E-state index in [-0.39, 0.29) is 35.6 Å². The Morgan fingerprint density at radius 3 is 2.52 bits per heavy atom. The minimum Gasteiger partial charge on any atom is -0.356 e. The second-order valence-corrected chi connectivity index (χ2v) is 7.93. The molecule has 2 rings (SSSR count). The topological polar surface area (TPSA) is 70.6 Å². The van der Waals surface area contributed by atoms with E-state index in [4.69, 9.17) is 0 Å². The summed E-state index contributed by atoms with van der Waals surface area (Å²) < 4.78 is 22.9. The predicted octanol–water partition coefficient (Wildman–Crippen LogP) is 1.97. The molecular formula is C16H26IN3O2S. The van der Waals surface area contributed by atoms with Gasteiger partial charge in [0.15, 0.2) is 15.8 Å². The fraction of sp³-hybridized carbons (Fsp3) is 0.562. The first kappa shape index (κ1) is 20.2. The third-order valence-corrected chi connectivity index (χ3v) is 5.89. The van der Waals surface area contributed by atoms with Crippen LogP contribution in [0.2, 0.25) is 0 Å². The van der Waals surface area contributed by atoms with Gasteiger partial charge in [-0.3, -0.25) is 4.99 Å². The van der Waals surface area contributed by atoms with Gasteiger partial charge < -0.3 is 10.6 Å². The maximum Gasteiger partial charge on any atom is 0.191 e. The van der Waals surface area contributed by atoms with Crippen LogP contribution in [0.3, 0.4) is 0 Å². The smallest absolute Gasteiger partial charge is 0.191 e. The predicted molar refractivity (Wildman–Crippen MR) is 106 cm³/mol. The molecule has 1 aromatic carbocycles. The third-order valence-electron chi connectivity index (χ3n) is 4.05. The zero-order chi connectivity index (χ0) is 16.0. The van der Waals surface area contributed by atoms with Crippen molar-refractivity contribution >= 4 is 39.8 Å². The normalized spacial score (nSPS) is 19.9. The van der Waals surface area contributed by atoms with Crippen molar-refractivity contribution in [2.24, 2.45) is 10.9 Å². The van der Waals surface area contributed by atoms with Crippen LogP contribution in [0.25, 0.3) is 0 Å². The monoisotopic (exact) mass is 451 g/mol. The summed E-state index contributed by atoms with van der Waals surface area (Å²) in [6.45, 7) is 3.51. The number of hydrogen-bond acceptors (Lipinski definition) is 3. The molecule has 1 atom stereocenters. The number of rotatable bonds is 5. The Hall–Kier alpha value is -0.830. The van der Waals surface area contributed by atoms with Crippen molar-refractivity contribution in [1.82, 2.24) is 10.6 Å². The summed E-state index contributed by atoms with van der Waals surface area (Å²) in [6.07, 6.45) is 1.74. The molecule has 2 N–H and O–H groups in total. The Kier molecular flexibility index (Phi) is 8.32. The van der Waals surface area contributed by atoms with Crippen LogP contribution in [0, 0.1) is 5.92 Å². The van der Waals surface area contributed by atoms with E-state index in [1.165, 1.54) is 11.1 Å². The molecule has 1 saturated heterocycles. The molecule has 1 aliphatic rings. The molecule has 0 radical (unpaired) electrons. The summed E-state index contributed by atoms with van der Waals surface area (Å²) in [5.41, 5.74) is 2.59. The van der Waals surface area contributed by atoms with Crippen molar-refractivity contribution in [3.05, 3.63) is 35.4 Å². The summed E-state index contributed by atoms with van der Waals surface area (Å²) in [5, 5.41) is 6.53. The van der Waals surface area contributed by atoms with Crippen LogP contribution in [0.15, 0.2) is 29.3 Å². The molecule has 5 nitrogen and oxygen atoms in total.